The Morgan fingerprint density at radius 1 is 1.33 bits per heavy atom. The lowest BCUT2D eigenvalue weighted by molar-refractivity contribution is -0.143. The van der Waals surface area contributed by atoms with E-state index in [9.17, 15) is 9.59 Å². The topological polar surface area (TPSA) is 89.6 Å². The Balaban J connectivity index is 2.52. The van der Waals surface area contributed by atoms with Crippen LogP contribution in [0.2, 0.25) is 0 Å². The molecule has 1 unspecified atom stereocenters. The van der Waals surface area contributed by atoms with Crippen LogP contribution in [0.5, 0.6) is 5.75 Å². The summed E-state index contributed by atoms with van der Waals surface area (Å²) in [4.78, 5) is 21.5. The van der Waals surface area contributed by atoms with E-state index in [1.807, 2.05) is 0 Å². The molecule has 0 radical (unpaired) electrons. The van der Waals surface area contributed by atoms with E-state index in [0.717, 1.165) is 0 Å². The van der Waals surface area contributed by atoms with Gasteiger partial charge in [0.2, 0.25) is 0 Å². The van der Waals surface area contributed by atoms with Crippen molar-refractivity contribution < 1.29 is 19.4 Å². The maximum absolute atomic E-state index is 11.2. The van der Waals surface area contributed by atoms with E-state index in [2.05, 4.69) is 0 Å². The number of carbonyl (C=O) groups is 2. The first-order valence-corrected chi connectivity index (χ1v) is 4.33. The highest BCUT2D eigenvalue weighted by Crippen LogP contribution is 2.09. The van der Waals surface area contributed by atoms with Crippen molar-refractivity contribution in [3.63, 3.8) is 0 Å². The number of hydrogen-bond donors (Lipinski definition) is 2. The van der Waals surface area contributed by atoms with Crippen molar-refractivity contribution in [3.8, 4) is 5.75 Å². The molecule has 1 atom stereocenters. The summed E-state index contributed by atoms with van der Waals surface area (Å²) in [5.74, 6) is -1.53. The smallest absolute Gasteiger partial charge is 0.328 e. The number of para-hydroxylation sites is 1. The summed E-state index contributed by atoms with van der Waals surface area (Å²) in [5, 5.41) is 8.41. The molecule has 0 heterocycles. The third-order valence-electron chi connectivity index (χ3n) is 1.66. The van der Waals surface area contributed by atoms with E-state index < -0.39 is 24.4 Å². The van der Waals surface area contributed by atoms with Crippen LogP contribution in [0.1, 0.15) is 6.42 Å². The molecule has 1 aromatic carbocycles. The maximum Gasteiger partial charge on any atom is 0.328 e. The Kier molecular flexibility index (Phi) is 3.82. The largest absolute Gasteiger partial charge is 0.481 e. The number of aliphatic carboxylic acids is 1. The summed E-state index contributed by atoms with van der Waals surface area (Å²) in [7, 11) is 0. The van der Waals surface area contributed by atoms with E-state index in [1.54, 1.807) is 30.3 Å². The first-order chi connectivity index (χ1) is 7.09. The standard InChI is InChI=1S/C10H11NO4/c11-8(6-9(12)13)10(14)15-7-4-2-1-3-5-7/h1-5,8H,6,11H2,(H,12,13). The lowest BCUT2D eigenvalue weighted by Gasteiger charge is -2.08. The molecule has 0 aliphatic heterocycles. The molecule has 3 N–H and O–H groups in total. The van der Waals surface area contributed by atoms with Crippen LogP contribution in [0, 0.1) is 0 Å². The molecular weight excluding hydrogens is 198 g/mol. The van der Waals surface area contributed by atoms with Crippen LogP contribution in [-0.4, -0.2) is 23.1 Å². The lowest BCUT2D eigenvalue weighted by atomic mass is 10.2. The van der Waals surface area contributed by atoms with Crippen LogP contribution in [0.4, 0.5) is 0 Å². The van der Waals surface area contributed by atoms with E-state index in [-0.39, 0.29) is 0 Å². The molecule has 0 spiro atoms. The Hall–Kier alpha value is -1.88. The Bertz CT molecular complexity index is 350. The number of esters is 1. The minimum absolute atomic E-state index is 0.350. The molecule has 0 aliphatic carbocycles. The van der Waals surface area contributed by atoms with Crippen molar-refractivity contribution >= 4 is 11.9 Å². The van der Waals surface area contributed by atoms with Gasteiger partial charge in [0, 0.05) is 0 Å². The predicted octanol–water partition coefficient (Wildman–Crippen LogP) is 0.394. The highest BCUT2D eigenvalue weighted by Gasteiger charge is 2.18. The number of benzene rings is 1. The summed E-state index contributed by atoms with van der Waals surface area (Å²) >= 11 is 0. The highest BCUT2D eigenvalue weighted by molar-refractivity contribution is 5.83. The normalized spacial score (nSPS) is 11.8. The first kappa shape index (κ1) is 11.2. The fraction of sp³-hybridized carbons (Fsp3) is 0.200. The van der Waals surface area contributed by atoms with Gasteiger partial charge in [0.05, 0.1) is 6.42 Å². The third-order valence-corrected chi connectivity index (χ3v) is 1.66. The van der Waals surface area contributed by atoms with Crippen LogP contribution < -0.4 is 10.5 Å². The van der Waals surface area contributed by atoms with Crippen molar-refractivity contribution in [2.75, 3.05) is 0 Å². The van der Waals surface area contributed by atoms with Crippen LogP contribution in [0.3, 0.4) is 0 Å². The van der Waals surface area contributed by atoms with Gasteiger partial charge in [-0.2, -0.15) is 0 Å². The van der Waals surface area contributed by atoms with E-state index in [0.29, 0.717) is 5.75 Å². The van der Waals surface area contributed by atoms with Gasteiger partial charge in [-0.05, 0) is 12.1 Å². The number of rotatable bonds is 4. The summed E-state index contributed by atoms with van der Waals surface area (Å²) in [6.07, 6.45) is -0.439. The monoisotopic (exact) mass is 209 g/mol. The molecule has 80 valence electrons. The molecule has 0 saturated carbocycles. The SMILES string of the molecule is NC(CC(=O)O)C(=O)Oc1ccccc1. The highest BCUT2D eigenvalue weighted by atomic mass is 16.5. The van der Waals surface area contributed by atoms with Gasteiger partial charge in [0.15, 0.2) is 0 Å². The number of carboxylic acids is 1. The predicted molar refractivity (Wildman–Crippen MR) is 52.3 cm³/mol. The summed E-state index contributed by atoms with van der Waals surface area (Å²) in [6.45, 7) is 0. The fourth-order valence-corrected chi connectivity index (χ4v) is 0.952. The van der Waals surface area contributed by atoms with Crippen LogP contribution in [0.15, 0.2) is 30.3 Å². The molecule has 15 heavy (non-hydrogen) atoms. The molecule has 0 fully saturated rings. The number of carboxylic acid groups (broad SMARTS) is 1. The van der Waals surface area contributed by atoms with Crippen molar-refractivity contribution in [1.82, 2.24) is 0 Å². The molecular formula is C10H11NO4. The quantitative estimate of drug-likeness (QED) is 0.553. The van der Waals surface area contributed by atoms with Gasteiger partial charge in [-0.3, -0.25) is 4.79 Å². The molecule has 0 aliphatic rings. The number of hydrogen-bond acceptors (Lipinski definition) is 4. The number of ether oxygens (including phenoxy) is 1. The molecule has 0 amide bonds. The second-order valence-corrected chi connectivity index (χ2v) is 2.94. The van der Waals surface area contributed by atoms with Gasteiger partial charge in [-0.1, -0.05) is 18.2 Å². The van der Waals surface area contributed by atoms with Gasteiger partial charge in [-0.25, -0.2) is 4.79 Å². The van der Waals surface area contributed by atoms with Crippen LogP contribution in [-0.2, 0) is 9.59 Å². The lowest BCUT2D eigenvalue weighted by Crippen LogP contribution is -2.36. The van der Waals surface area contributed by atoms with Gasteiger partial charge in [-0.15, -0.1) is 0 Å². The second kappa shape index (κ2) is 5.11. The van der Waals surface area contributed by atoms with Crippen LogP contribution >= 0.6 is 0 Å². The maximum atomic E-state index is 11.2. The molecule has 0 bridgehead atoms. The van der Waals surface area contributed by atoms with Crippen molar-refractivity contribution in [2.45, 2.75) is 12.5 Å². The van der Waals surface area contributed by atoms with Gasteiger partial charge in [0.1, 0.15) is 11.8 Å². The van der Waals surface area contributed by atoms with Gasteiger partial charge >= 0.3 is 11.9 Å². The molecule has 5 heteroatoms. The average Bonchev–Trinajstić information content (AvgIpc) is 2.18. The van der Waals surface area contributed by atoms with E-state index >= 15 is 0 Å². The Morgan fingerprint density at radius 2 is 1.93 bits per heavy atom. The van der Waals surface area contributed by atoms with Gasteiger partial charge < -0.3 is 15.6 Å². The summed E-state index contributed by atoms with van der Waals surface area (Å²) in [6, 6.07) is 7.21. The fourth-order valence-electron chi connectivity index (χ4n) is 0.952. The molecule has 0 saturated heterocycles. The van der Waals surface area contributed by atoms with Crippen molar-refractivity contribution in [2.24, 2.45) is 5.73 Å². The van der Waals surface area contributed by atoms with Crippen molar-refractivity contribution in [1.29, 1.82) is 0 Å². The zero-order valence-electron chi connectivity index (χ0n) is 7.92. The zero-order valence-corrected chi connectivity index (χ0v) is 7.92. The summed E-state index contributed by atoms with van der Waals surface area (Å²) in [5.41, 5.74) is 5.31. The molecule has 1 rings (SSSR count). The number of carbonyl (C=O) groups excluding carboxylic acids is 1. The minimum Gasteiger partial charge on any atom is -0.481 e. The van der Waals surface area contributed by atoms with Crippen molar-refractivity contribution in [3.05, 3.63) is 30.3 Å². The Morgan fingerprint density at radius 3 is 2.47 bits per heavy atom. The van der Waals surface area contributed by atoms with E-state index in [4.69, 9.17) is 15.6 Å². The molecule has 1 aromatic rings. The van der Waals surface area contributed by atoms with Crippen LogP contribution in [0.25, 0.3) is 0 Å². The first-order valence-electron chi connectivity index (χ1n) is 4.33. The molecule has 5 nitrogen and oxygen atoms in total. The minimum atomic E-state index is -1.14. The Labute approximate surface area is 86.5 Å². The number of nitrogens with two attached hydrogens (primary N) is 1. The van der Waals surface area contributed by atoms with E-state index in [1.165, 1.54) is 0 Å². The van der Waals surface area contributed by atoms with Gasteiger partial charge in [0.25, 0.3) is 0 Å². The third kappa shape index (κ3) is 3.78. The average molecular weight is 209 g/mol. The summed E-state index contributed by atoms with van der Waals surface area (Å²) < 4.78 is 4.85. The molecule has 0 aromatic heterocycles. The zero-order chi connectivity index (χ0) is 11.3. The second-order valence-electron chi connectivity index (χ2n) is 2.94.